The quantitative estimate of drug-likeness (QED) is 0.870. The molecule has 3 nitrogen and oxygen atoms in total. The Morgan fingerprint density at radius 3 is 2.33 bits per heavy atom. The van der Waals surface area contributed by atoms with E-state index in [1.54, 1.807) is 14.2 Å². The van der Waals surface area contributed by atoms with Crippen molar-refractivity contribution in [3.05, 3.63) is 23.8 Å². The van der Waals surface area contributed by atoms with E-state index in [1.165, 1.54) is 24.8 Å². The van der Waals surface area contributed by atoms with Gasteiger partial charge in [-0.3, -0.25) is 0 Å². The highest BCUT2D eigenvalue weighted by atomic mass is 16.5. The molecule has 100 valence electrons. The maximum atomic E-state index is 5.36. The second-order valence-corrected chi connectivity index (χ2v) is 5.00. The lowest BCUT2D eigenvalue weighted by molar-refractivity contribution is 0.390. The second-order valence-electron chi connectivity index (χ2n) is 5.00. The molecule has 0 aromatic heterocycles. The summed E-state index contributed by atoms with van der Waals surface area (Å²) in [6.07, 6.45) is 3.89. The molecule has 0 saturated heterocycles. The molecule has 0 aliphatic heterocycles. The van der Waals surface area contributed by atoms with Gasteiger partial charge in [-0.05, 0) is 56.0 Å². The van der Waals surface area contributed by atoms with Gasteiger partial charge >= 0.3 is 0 Å². The van der Waals surface area contributed by atoms with Crippen molar-refractivity contribution >= 4 is 0 Å². The highest BCUT2D eigenvalue weighted by Crippen LogP contribution is 2.41. The molecule has 2 atom stereocenters. The Morgan fingerprint density at radius 2 is 1.78 bits per heavy atom. The zero-order chi connectivity index (χ0) is 13.0. The Bertz CT molecular complexity index is 370. The lowest BCUT2D eigenvalue weighted by Gasteiger charge is -2.21. The summed E-state index contributed by atoms with van der Waals surface area (Å²) >= 11 is 0. The Labute approximate surface area is 109 Å². The first kappa shape index (κ1) is 13.2. The molecule has 1 saturated carbocycles. The molecule has 3 heteroatoms. The summed E-state index contributed by atoms with van der Waals surface area (Å²) in [6.45, 7) is 1.09. The van der Waals surface area contributed by atoms with Crippen LogP contribution in [0.3, 0.4) is 0 Å². The standard InChI is InChI=1S/C15H23NO2/c1-16-10-11-5-4-6-15(11)12-7-13(17-2)9-14(8-12)18-3/h7-9,11,15-16H,4-6,10H2,1-3H3. The van der Waals surface area contributed by atoms with E-state index in [0.717, 1.165) is 24.0 Å². The molecule has 18 heavy (non-hydrogen) atoms. The summed E-state index contributed by atoms with van der Waals surface area (Å²) in [5.41, 5.74) is 1.35. The van der Waals surface area contributed by atoms with Gasteiger partial charge in [-0.2, -0.15) is 0 Å². The zero-order valence-corrected chi connectivity index (χ0v) is 11.5. The van der Waals surface area contributed by atoms with Crippen LogP contribution in [0.2, 0.25) is 0 Å². The van der Waals surface area contributed by atoms with Crippen LogP contribution in [0.25, 0.3) is 0 Å². The predicted octanol–water partition coefficient (Wildman–Crippen LogP) is 2.81. The Balaban J connectivity index is 2.25. The minimum Gasteiger partial charge on any atom is -0.497 e. The molecule has 0 heterocycles. The third-order valence-electron chi connectivity index (χ3n) is 3.93. The van der Waals surface area contributed by atoms with Gasteiger partial charge in [0, 0.05) is 6.07 Å². The number of rotatable bonds is 5. The third kappa shape index (κ3) is 2.78. The highest BCUT2D eigenvalue weighted by molar-refractivity contribution is 5.40. The summed E-state index contributed by atoms with van der Waals surface area (Å²) in [7, 11) is 5.44. The van der Waals surface area contributed by atoms with Gasteiger partial charge in [0.05, 0.1) is 14.2 Å². The van der Waals surface area contributed by atoms with Gasteiger partial charge in [0.1, 0.15) is 11.5 Å². The molecule has 0 bridgehead atoms. The fourth-order valence-electron chi connectivity index (χ4n) is 3.03. The first-order chi connectivity index (χ1) is 8.78. The van der Waals surface area contributed by atoms with E-state index in [4.69, 9.17) is 9.47 Å². The van der Waals surface area contributed by atoms with E-state index < -0.39 is 0 Å². The van der Waals surface area contributed by atoms with Crippen molar-refractivity contribution in [3.63, 3.8) is 0 Å². The maximum absolute atomic E-state index is 5.36. The van der Waals surface area contributed by atoms with Crippen molar-refractivity contribution in [2.24, 2.45) is 5.92 Å². The van der Waals surface area contributed by atoms with Gasteiger partial charge in [0.25, 0.3) is 0 Å². The molecule has 1 aliphatic rings. The highest BCUT2D eigenvalue weighted by Gasteiger charge is 2.28. The van der Waals surface area contributed by atoms with E-state index in [-0.39, 0.29) is 0 Å². The second kappa shape index (κ2) is 6.10. The van der Waals surface area contributed by atoms with Crippen LogP contribution in [0, 0.1) is 5.92 Å². The van der Waals surface area contributed by atoms with Gasteiger partial charge in [-0.15, -0.1) is 0 Å². The maximum Gasteiger partial charge on any atom is 0.122 e. The van der Waals surface area contributed by atoms with Crippen LogP contribution in [0.5, 0.6) is 11.5 Å². The number of methoxy groups -OCH3 is 2. The SMILES string of the molecule is CNCC1CCCC1c1cc(OC)cc(OC)c1. The van der Waals surface area contributed by atoms with Crippen molar-refractivity contribution in [2.45, 2.75) is 25.2 Å². The van der Waals surface area contributed by atoms with Gasteiger partial charge in [0.2, 0.25) is 0 Å². The molecule has 2 unspecified atom stereocenters. The molecule has 1 aromatic rings. The number of nitrogens with one attached hydrogen (secondary N) is 1. The zero-order valence-electron chi connectivity index (χ0n) is 11.5. The average molecular weight is 249 g/mol. The number of ether oxygens (including phenoxy) is 2. The van der Waals surface area contributed by atoms with Crippen molar-refractivity contribution < 1.29 is 9.47 Å². The van der Waals surface area contributed by atoms with E-state index in [2.05, 4.69) is 17.4 Å². The minimum absolute atomic E-state index is 0.626. The Morgan fingerprint density at radius 1 is 1.11 bits per heavy atom. The van der Waals surface area contributed by atoms with Crippen LogP contribution in [0.4, 0.5) is 0 Å². The predicted molar refractivity (Wildman–Crippen MR) is 73.6 cm³/mol. The molecule has 0 spiro atoms. The number of hydrogen-bond donors (Lipinski definition) is 1. The van der Waals surface area contributed by atoms with Crippen molar-refractivity contribution in [1.82, 2.24) is 5.32 Å². The van der Waals surface area contributed by atoms with E-state index >= 15 is 0 Å². The summed E-state index contributed by atoms with van der Waals surface area (Å²) in [5, 5.41) is 3.30. The minimum atomic E-state index is 0.626. The smallest absolute Gasteiger partial charge is 0.122 e. The van der Waals surface area contributed by atoms with Crippen molar-refractivity contribution in [3.8, 4) is 11.5 Å². The van der Waals surface area contributed by atoms with Crippen LogP contribution in [0.1, 0.15) is 30.7 Å². The fraction of sp³-hybridized carbons (Fsp3) is 0.600. The lowest BCUT2D eigenvalue weighted by Crippen LogP contribution is -2.21. The Hall–Kier alpha value is -1.22. The van der Waals surface area contributed by atoms with Crippen molar-refractivity contribution in [1.29, 1.82) is 0 Å². The van der Waals surface area contributed by atoms with Gasteiger partial charge < -0.3 is 14.8 Å². The van der Waals surface area contributed by atoms with Crippen LogP contribution >= 0.6 is 0 Å². The molecule has 1 N–H and O–H groups in total. The lowest BCUT2D eigenvalue weighted by atomic mass is 9.88. The molecule has 1 aromatic carbocycles. The van der Waals surface area contributed by atoms with Crippen molar-refractivity contribution in [2.75, 3.05) is 27.8 Å². The molecule has 0 radical (unpaired) electrons. The van der Waals surface area contributed by atoms with Crippen LogP contribution in [-0.4, -0.2) is 27.8 Å². The first-order valence-electron chi connectivity index (χ1n) is 6.66. The fourth-order valence-corrected chi connectivity index (χ4v) is 3.03. The largest absolute Gasteiger partial charge is 0.497 e. The monoisotopic (exact) mass is 249 g/mol. The topological polar surface area (TPSA) is 30.5 Å². The molecule has 1 fully saturated rings. The summed E-state index contributed by atoms with van der Waals surface area (Å²) in [5.74, 6) is 3.13. The van der Waals surface area contributed by atoms with Gasteiger partial charge in [0.15, 0.2) is 0 Å². The summed E-state index contributed by atoms with van der Waals surface area (Å²) in [4.78, 5) is 0. The number of benzene rings is 1. The number of hydrogen-bond acceptors (Lipinski definition) is 3. The summed E-state index contributed by atoms with van der Waals surface area (Å²) in [6, 6.07) is 6.24. The first-order valence-corrected chi connectivity index (χ1v) is 6.66. The van der Waals surface area contributed by atoms with Gasteiger partial charge in [-0.25, -0.2) is 0 Å². The van der Waals surface area contributed by atoms with E-state index in [1.807, 2.05) is 13.1 Å². The van der Waals surface area contributed by atoms with Gasteiger partial charge in [-0.1, -0.05) is 6.42 Å². The Kier molecular flexibility index (Phi) is 4.48. The normalized spacial score (nSPS) is 23.1. The van der Waals surface area contributed by atoms with E-state index in [0.29, 0.717) is 5.92 Å². The molecular weight excluding hydrogens is 226 g/mol. The van der Waals surface area contributed by atoms with Crippen LogP contribution in [0.15, 0.2) is 18.2 Å². The average Bonchev–Trinajstić information content (AvgIpc) is 2.87. The summed E-state index contributed by atoms with van der Waals surface area (Å²) < 4.78 is 10.7. The molecular formula is C15H23NO2. The van der Waals surface area contributed by atoms with Crippen LogP contribution < -0.4 is 14.8 Å². The third-order valence-corrected chi connectivity index (χ3v) is 3.93. The van der Waals surface area contributed by atoms with Crippen LogP contribution in [-0.2, 0) is 0 Å². The van der Waals surface area contributed by atoms with E-state index in [9.17, 15) is 0 Å². The molecule has 2 rings (SSSR count). The molecule has 0 amide bonds. The molecule has 1 aliphatic carbocycles.